The lowest BCUT2D eigenvalue weighted by molar-refractivity contribution is -0.375. The summed E-state index contributed by atoms with van der Waals surface area (Å²) in [5.74, 6) is -0.227. The Hall–Kier alpha value is -5.90. The number of fused-ring (bicyclic) bond motifs is 1. The first kappa shape index (κ1) is 31.1. The maximum Gasteiger partial charge on any atom is 0.374 e. The Kier molecular flexibility index (Phi) is 7.80. The smallest absolute Gasteiger partial charge is 0.374 e. The van der Waals surface area contributed by atoms with E-state index in [0.717, 1.165) is 29.3 Å². The number of nitrogens with one attached hydrogen (secondary N) is 2. The van der Waals surface area contributed by atoms with Gasteiger partial charge in [-0.2, -0.15) is 4.74 Å². The van der Waals surface area contributed by atoms with Crippen LogP contribution in [0.4, 0.5) is 11.5 Å². The highest BCUT2D eigenvalue weighted by atomic mass is 16.7. The molecule has 15 nitrogen and oxygen atoms in total. The van der Waals surface area contributed by atoms with Crippen molar-refractivity contribution in [3.8, 4) is 22.4 Å². The Morgan fingerprint density at radius 1 is 0.957 bits per heavy atom. The number of carbonyl (C=O) groups is 2. The number of carbonyl (C=O) groups excluding carboxylic acids is 2. The van der Waals surface area contributed by atoms with Gasteiger partial charge < -0.3 is 35.0 Å². The van der Waals surface area contributed by atoms with Crippen molar-refractivity contribution in [3.63, 3.8) is 0 Å². The second-order valence-corrected chi connectivity index (χ2v) is 10.8. The van der Waals surface area contributed by atoms with E-state index >= 15 is 0 Å². The number of benzene rings is 2. The first-order valence-electron chi connectivity index (χ1n) is 14.4. The molecule has 2 aromatic carbocycles. The lowest BCUT2D eigenvalue weighted by atomic mass is 10.0. The molecule has 0 spiro atoms. The minimum absolute atomic E-state index is 0.0450. The zero-order valence-corrected chi connectivity index (χ0v) is 25.7. The topological polar surface area (TPSA) is 203 Å². The number of hydrogen-bond donors (Lipinski definition) is 5. The highest BCUT2D eigenvalue weighted by Crippen LogP contribution is 2.31. The fourth-order valence-corrected chi connectivity index (χ4v) is 5.41. The van der Waals surface area contributed by atoms with Gasteiger partial charge in [0.2, 0.25) is 0 Å². The van der Waals surface area contributed by atoms with E-state index in [1.807, 2.05) is 41.8 Å². The number of hydrogen-bond acceptors (Lipinski definition) is 10. The van der Waals surface area contributed by atoms with Crippen molar-refractivity contribution in [2.45, 2.75) is 33.4 Å². The first-order valence-corrected chi connectivity index (χ1v) is 14.4. The van der Waals surface area contributed by atoms with Crippen molar-refractivity contribution in [2.75, 3.05) is 10.6 Å². The Balaban J connectivity index is 1.28. The van der Waals surface area contributed by atoms with Crippen molar-refractivity contribution in [1.82, 2.24) is 28.8 Å². The molecule has 6 aromatic rings. The van der Waals surface area contributed by atoms with Crippen molar-refractivity contribution >= 4 is 34.4 Å². The zero-order chi connectivity index (χ0) is 33.6. The molecule has 4 heterocycles. The van der Waals surface area contributed by atoms with Gasteiger partial charge in [0.1, 0.15) is 17.9 Å². The third-order valence-corrected chi connectivity index (χ3v) is 7.54. The molecular formula is C32H30N8O7. The fourth-order valence-electron chi connectivity index (χ4n) is 5.41. The summed E-state index contributed by atoms with van der Waals surface area (Å²) in [6.07, 6.45) is -1.22. The molecule has 0 fully saturated rings. The molecule has 5 N–H and O–H groups in total. The van der Waals surface area contributed by atoms with Crippen LogP contribution in [0.3, 0.4) is 0 Å². The molecule has 6 rings (SSSR count). The fraction of sp³-hybridized carbons (Fsp3) is 0.188. The molecule has 0 unspecified atom stereocenters. The SMILES string of the molecule is CCn1c(-c2ccc(-c3c(C)on(C)c3=O)cc2)cc2nc(C)nc(C(=O)Nc3cccc(C(=O)Nc4cn(C(O)(O)O)cn4)c3)c21. The van der Waals surface area contributed by atoms with Gasteiger partial charge in [0.05, 0.1) is 28.5 Å². The van der Waals surface area contributed by atoms with Crippen molar-refractivity contribution in [2.24, 2.45) is 7.05 Å². The molecule has 0 aliphatic heterocycles. The molecule has 47 heavy (non-hydrogen) atoms. The summed E-state index contributed by atoms with van der Waals surface area (Å²) in [4.78, 5) is 52.0. The number of nitrogens with zero attached hydrogens (tertiary/aromatic N) is 6. The zero-order valence-electron chi connectivity index (χ0n) is 25.7. The van der Waals surface area contributed by atoms with Gasteiger partial charge in [0, 0.05) is 24.8 Å². The predicted octanol–water partition coefficient (Wildman–Crippen LogP) is 2.94. The van der Waals surface area contributed by atoms with E-state index in [9.17, 15) is 29.7 Å². The van der Waals surface area contributed by atoms with E-state index in [0.29, 0.717) is 45.0 Å². The van der Waals surface area contributed by atoms with Crippen LogP contribution in [0.5, 0.6) is 0 Å². The van der Waals surface area contributed by atoms with Crippen molar-refractivity contribution < 1.29 is 29.4 Å². The third-order valence-electron chi connectivity index (χ3n) is 7.54. The number of rotatable bonds is 8. The minimum Gasteiger partial charge on any atom is -0.381 e. The summed E-state index contributed by atoms with van der Waals surface area (Å²) in [5.41, 5.74) is 4.41. The monoisotopic (exact) mass is 638 g/mol. The lowest BCUT2D eigenvalue weighted by Gasteiger charge is -2.13. The van der Waals surface area contributed by atoms with E-state index < -0.39 is 17.9 Å². The van der Waals surface area contributed by atoms with Crippen LogP contribution in [0.1, 0.15) is 39.4 Å². The molecule has 0 aliphatic carbocycles. The van der Waals surface area contributed by atoms with Crippen LogP contribution in [-0.4, -0.2) is 56.0 Å². The van der Waals surface area contributed by atoms with E-state index in [-0.39, 0.29) is 22.6 Å². The molecule has 0 saturated carbocycles. The summed E-state index contributed by atoms with van der Waals surface area (Å²) in [6.45, 7) is 5.89. The predicted molar refractivity (Wildman–Crippen MR) is 170 cm³/mol. The van der Waals surface area contributed by atoms with Crippen LogP contribution < -0.4 is 16.2 Å². The average Bonchev–Trinajstić information content (AvgIpc) is 3.72. The van der Waals surface area contributed by atoms with Gasteiger partial charge in [-0.1, -0.05) is 30.3 Å². The van der Waals surface area contributed by atoms with Crippen molar-refractivity contribution in [1.29, 1.82) is 0 Å². The molecule has 0 saturated heterocycles. The van der Waals surface area contributed by atoms with Gasteiger partial charge in [-0.05, 0) is 56.2 Å². The standard InChI is InChI=1S/C32H30N8O7/c1-5-40-24(19-9-11-20(12-10-19)26-17(2)47-38(4)31(26)43)14-23-28(40)27(35-18(3)34-23)30(42)36-22-8-6-7-21(13-22)29(41)37-25-15-39(16-33-25)32(44,45)46/h6-16,44-46H,5H2,1-4H3,(H,36,42)(H,37,41). The summed E-state index contributed by atoms with van der Waals surface area (Å²) in [5, 5.41) is 33.1. The van der Waals surface area contributed by atoms with E-state index in [2.05, 4.69) is 25.6 Å². The molecule has 4 aromatic heterocycles. The Bertz CT molecular complexity index is 2220. The summed E-state index contributed by atoms with van der Waals surface area (Å²) < 4.78 is 9.16. The number of anilines is 2. The van der Waals surface area contributed by atoms with Crippen molar-refractivity contribution in [3.05, 3.63) is 100 Å². The summed E-state index contributed by atoms with van der Waals surface area (Å²) in [6, 6.07) is 15.6. The van der Waals surface area contributed by atoms with Gasteiger partial charge in [-0.25, -0.2) is 15.0 Å². The first-order chi connectivity index (χ1) is 22.3. The van der Waals surface area contributed by atoms with Crippen LogP contribution in [0.25, 0.3) is 33.4 Å². The van der Waals surface area contributed by atoms with Crippen LogP contribution in [-0.2, 0) is 19.7 Å². The Morgan fingerprint density at radius 3 is 2.32 bits per heavy atom. The molecule has 240 valence electrons. The highest BCUT2D eigenvalue weighted by molar-refractivity contribution is 6.11. The number of aliphatic hydroxyl groups is 3. The largest absolute Gasteiger partial charge is 0.381 e. The lowest BCUT2D eigenvalue weighted by Crippen LogP contribution is -2.31. The molecule has 0 radical (unpaired) electrons. The molecule has 0 atom stereocenters. The molecule has 2 amide bonds. The van der Waals surface area contributed by atoms with E-state index in [1.54, 1.807) is 33.0 Å². The molecule has 0 bridgehead atoms. The van der Waals surface area contributed by atoms with Crippen LogP contribution >= 0.6 is 0 Å². The second-order valence-electron chi connectivity index (χ2n) is 10.8. The number of aromatic nitrogens is 6. The van der Waals surface area contributed by atoms with Crippen LogP contribution in [0, 0.1) is 13.8 Å². The van der Waals surface area contributed by atoms with Gasteiger partial charge in [-0.15, -0.1) is 0 Å². The van der Waals surface area contributed by atoms with Gasteiger partial charge in [-0.3, -0.25) is 19.0 Å². The number of imidazole rings is 1. The second kappa shape index (κ2) is 11.8. The number of amides is 2. The normalized spacial score (nSPS) is 11.6. The van der Waals surface area contributed by atoms with Gasteiger partial charge in [0.15, 0.2) is 11.5 Å². The van der Waals surface area contributed by atoms with Crippen LogP contribution in [0.15, 0.2) is 76.4 Å². The maximum absolute atomic E-state index is 13.7. The summed E-state index contributed by atoms with van der Waals surface area (Å²) in [7, 11) is 1.56. The Labute approximate surface area is 266 Å². The molecule has 15 heteroatoms. The maximum atomic E-state index is 13.7. The minimum atomic E-state index is -3.17. The highest BCUT2D eigenvalue weighted by Gasteiger charge is 2.23. The summed E-state index contributed by atoms with van der Waals surface area (Å²) >= 11 is 0. The average molecular weight is 639 g/mol. The Morgan fingerprint density at radius 2 is 1.68 bits per heavy atom. The molecular weight excluding hydrogens is 608 g/mol. The van der Waals surface area contributed by atoms with Gasteiger partial charge in [0.25, 0.3) is 17.4 Å². The van der Waals surface area contributed by atoms with E-state index in [1.165, 1.54) is 16.9 Å². The number of aryl methyl sites for hydroxylation is 4. The van der Waals surface area contributed by atoms with Crippen LogP contribution in [0.2, 0.25) is 0 Å². The third kappa shape index (κ3) is 5.93. The quantitative estimate of drug-likeness (QED) is 0.154. The molecule has 0 aliphatic rings. The van der Waals surface area contributed by atoms with Gasteiger partial charge >= 0.3 is 6.10 Å². The van der Waals surface area contributed by atoms with E-state index in [4.69, 9.17) is 4.52 Å².